The van der Waals surface area contributed by atoms with Crippen molar-refractivity contribution in [2.75, 3.05) is 19.6 Å². The fourth-order valence-electron chi connectivity index (χ4n) is 2.24. The number of carbonyl (C=O) groups excluding carboxylic acids is 1. The van der Waals surface area contributed by atoms with Crippen LogP contribution in [0.25, 0.3) is 0 Å². The molecule has 1 fully saturated rings. The maximum atomic E-state index is 11.4. The highest BCUT2D eigenvalue weighted by atomic mass is 35.5. The number of hydrogen-bond acceptors (Lipinski definition) is 3. The summed E-state index contributed by atoms with van der Waals surface area (Å²) in [6.07, 6.45) is 1.24. The van der Waals surface area contributed by atoms with Crippen LogP contribution >= 0.6 is 12.4 Å². The number of piperidine rings is 1. The maximum Gasteiger partial charge on any atom is 0.315 e. The van der Waals surface area contributed by atoms with Gasteiger partial charge >= 0.3 is 5.97 Å². The average molecular weight is 284 g/mol. The Morgan fingerprint density at radius 1 is 1.32 bits per heavy atom. The molecule has 2 rings (SSSR count). The number of carboxylic acid groups (broad SMARTS) is 1. The van der Waals surface area contributed by atoms with E-state index in [2.05, 4.69) is 17.0 Å². The van der Waals surface area contributed by atoms with Gasteiger partial charge in [0.1, 0.15) is 11.7 Å². The standard InChI is InChI=1S/C14H17NO3.ClH/c16-13-7-9-15(10-12(13)14(17)18)8-6-11-4-2-1-3-5-11;/h1-5,12H,6-10H2,(H,17,18);1H. The van der Waals surface area contributed by atoms with Gasteiger partial charge in [0.05, 0.1) is 0 Å². The van der Waals surface area contributed by atoms with Gasteiger partial charge in [-0.3, -0.25) is 9.59 Å². The van der Waals surface area contributed by atoms with E-state index in [-0.39, 0.29) is 18.2 Å². The summed E-state index contributed by atoms with van der Waals surface area (Å²) >= 11 is 0. The lowest BCUT2D eigenvalue weighted by molar-refractivity contribution is -0.148. The third-order valence-electron chi connectivity index (χ3n) is 3.36. The van der Waals surface area contributed by atoms with Crippen molar-refractivity contribution in [2.24, 2.45) is 5.92 Å². The molecule has 0 aliphatic carbocycles. The Labute approximate surface area is 118 Å². The minimum absolute atomic E-state index is 0. The van der Waals surface area contributed by atoms with Crippen LogP contribution in [-0.2, 0) is 16.0 Å². The second-order valence-corrected chi connectivity index (χ2v) is 4.64. The minimum Gasteiger partial charge on any atom is -0.481 e. The van der Waals surface area contributed by atoms with Crippen LogP contribution in [0.3, 0.4) is 0 Å². The predicted molar refractivity (Wildman–Crippen MR) is 74.6 cm³/mol. The van der Waals surface area contributed by atoms with Crippen LogP contribution in [0.5, 0.6) is 0 Å². The lowest BCUT2D eigenvalue weighted by Gasteiger charge is -2.29. The van der Waals surface area contributed by atoms with Crippen LogP contribution in [0.15, 0.2) is 30.3 Å². The third kappa shape index (κ3) is 4.33. The Morgan fingerprint density at radius 3 is 2.63 bits per heavy atom. The third-order valence-corrected chi connectivity index (χ3v) is 3.36. The first-order valence-corrected chi connectivity index (χ1v) is 6.18. The number of Topliss-reactive ketones (excluding diaryl/α,β-unsaturated/α-hetero) is 1. The van der Waals surface area contributed by atoms with E-state index >= 15 is 0 Å². The molecule has 19 heavy (non-hydrogen) atoms. The molecule has 1 N–H and O–H groups in total. The van der Waals surface area contributed by atoms with Gasteiger partial charge in [0, 0.05) is 26.1 Å². The summed E-state index contributed by atoms with van der Waals surface area (Å²) in [5, 5.41) is 8.96. The number of carbonyl (C=O) groups is 2. The van der Waals surface area contributed by atoms with E-state index in [0.29, 0.717) is 19.5 Å². The lowest BCUT2D eigenvalue weighted by atomic mass is 9.96. The summed E-state index contributed by atoms with van der Waals surface area (Å²) in [6, 6.07) is 10.1. The topological polar surface area (TPSA) is 57.6 Å². The molecule has 1 aliphatic heterocycles. The zero-order valence-corrected chi connectivity index (χ0v) is 11.4. The average Bonchev–Trinajstić information content (AvgIpc) is 2.38. The Morgan fingerprint density at radius 2 is 2.00 bits per heavy atom. The van der Waals surface area contributed by atoms with Crippen LogP contribution in [-0.4, -0.2) is 41.4 Å². The van der Waals surface area contributed by atoms with E-state index in [1.54, 1.807) is 0 Å². The second kappa shape index (κ2) is 7.26. The number of benzene rings is 1. The molecular formula is C14H18ClNO3. The summed E-state index contributed by atoms with van der Waals surface area (Å²) in [5.74, 6) is -1.97. The van der Waals surface area contributed by atoms with Gasteiger partial charge in [-0.05, 0) is 12.0 Å². The highest BCUT2D eigenvalue weighted by Gasteiger charge is 2.32. The van der Waals surface area contributed by atoms with Gasteiger partial charge in [0.15, 0.2) is 0 Å². The van der Waals surface area contributed by atoms with E-state index < -0.39 is 11.9 Å². The molecule has 0 bridgehead atoms. The first-order chi connectivity index (χ1) is 8.66. The smallest absolute Gasteiger partial charge is 0.315 e. The van der Waals surface area contributed by atoms with Crippen LogP contribution in [0.2, 0.25) is 0 Å². The summed E-state index contributed by atoms with van der Waals surface area (Å²) in [4.78, 5) is 24.4. The van der Waals surface area contributed by atoms with Crippen molar-refractivity contribution in [1.29, 1.82) is 0 Å². The number of rotatable bonds is 4. The molecule has 1 aromatic carbocycles. The van der Waals surface area contributed by atoms with Crippen molar-refractivity contribution in [3.8, 4) is 0 Å². The molecule has 1 atom stereocenters. The Kier molecular flexibility index (Phi) is 5.99. The summed E-state index contributed by atoms with van der Waals surface area (Å²) < 4.78 is 0. The fourth-order valence-corrected chi connectivity index (χ4v) is 2.24. The summed E-state index contributed by atoms with van der Waals surface area (Å²) in [5.41, 5.74) is 1.24. The van der Waals surface area contributed by atoms with Gasteiger partial charge in [-0.15, -0.1) is 12.4 Å². The quantitative estimate of drug-likeness (QED) is 0.853. The molecule has 1 heterocycles. The lowest BCUT2D eigenvalue weighted by Crippen LogP contribution is -2.44. The monoisotopic (exact) mass is 283 g/mol. The van der Waals surface area contributed by atoms with Crippen molar-refractivity contribution in [2.45, 2.75) is 12.8 Å². The van der Waals surface area contributed by atoms with Gasteiger partial charge < -0.3 is 10.0 Å². The van der Waals surface area contributed by atoms with Crippen molar-refractivity contribution in [1.82, 2.24) is 4.90 Å². The van der Waals surface area contributed by atoms with E-state index in [1.807, 2.05) is 18.2 Å². The Balaban J connectivity index is 0.00000180. The van der Waals surface area contributed by atoms with Gasteiger partial charge in [-0.1, -0.05) is 30.3 Å². The molecule has 4 nitrogen and oxygen atoms in total. The molecule has 5 heteroatoms. The van der Waals surface area contributed by atoms with Crippen molar-refractivity contribution in [3.63, 3.8) is 0 Å². The number of aliphatic carboxylic acids is 1. The van der Waals surface area contributed by atoms with Crippen LogP contribution in [0.4, 0.5) is 0 Å². The van der Waals surface area contributed by atoms with E-state index in [4.69, 9.17) is 5.11 Å². The molecule has 0 radical (unpaired) electrons. The Hall–Kier alpha value is -1.39. The number of hydrogen-bond donors (Lipinski definition) is 1. The highest BCUT2D eigenvalue weighted by molar-refractivity contribution is 5.99. The van der Waals surface area contributed by atoms with Crippen molar-refractivity contribution >= 4 is 24.2 Å². The molecular weight excluding hydrogens is 266 g/mol. The van der Waals surface area contributed by atoms with Gasteiger partial charge in [0.25, 0.3) is 0 Å². The van der Waals surface area contributed by atoms with E-state index in [0.717, 1.165) is 13.0 Å². The minimum atomic E-state index is -0.996. The maximum absolute atomic E-state index is 11.4. The molecule has 0 aromatic heterocycles. The van der Waals surface area contributed by atoms with E-state index in [1.165, 1.54) is 5.56 Å². The second-order valence-electron chi connectivity index (χ2n) is 4.64. The number of likely N-dealkylation sites (tertiary alicyclic amines) is 1. The molecule has 1 saturated heterocycles. The molecule has 0 spiro atoms. The van der Waals surface area contributed by atoms with Crippen molar-refractivity contribution in [3.05, 3.63) is 35.9 Å². The molecule has 1 unspecified atom stereocenters. The number of carboxylic acids is 1. The number of ketones is 1. The molecule has 1 aromatic rings. The summed E-state index contributed by atoms with van der Waals surface area (Å²) in [7, 11) is 0. The predicted octanol–water partition coefficient (Wildman–Crippen LogP) is 1.63. The molecule has 1 aliphatic rings. The number of halogens is 1. The first-order valence-electron chi connectivity index (χ1n) is 6.18. The van der Waals surface area contributed by atoms with E-state index in [9.17, 15) is 9.59 Å². The fraction of sp³-hybridized carbons (Fsp3) is 0.429. The van der Waals surface area contributed by atoms with Crippen LogP contribution in [0, 0.1) is 5.92 Å². The molecule has 0 amide bonds. The highest BCUT2D eigenvalue weighted by Crippen LogP contribution is 2.14. The van der Waals surface area contributed by atoms with Gasteiger partial charge in [0.2, 0.25) is 0 Å². The van der Waals surface area contributed by atoms with Crippen LogP contribution in [0.1, 0.15) is 12.0 Å². The van der Waals surface area contributed by atoms with Gasteiger partial charge in [-0.2, -0.15) is 0 Å². The first kappa shape index (κ1) is 15.7. The summed E-state index contributed by atoms with van der Waals surface area (Å²) in [6.45, 7) is 1.83. The largest absolute Gasteiger partial charge is 0.481 e. The number of nitrogens with zero attached hydrogens (tertiary/aromatic N) is 1. The Bertz CT molecular complexity index is 436. The van der Waals surface area contributed by atoms with Crippen LogP contribution < -0.4 is 0 Å². The molecule has 104 valence electrons. The normalized spacial score (nSPS) is 19.8. The van der Waals surface area contributed by atoms with Crippen molar-refractivity contribution < 1.29 is 14.7 Å². The zero-order valence-electron chi connectivity index (χ0n) is 10.6. The molecule has 0 saturated carbocycles. The van der Waals surface area contributed by atoms with Gasteiger partial charge in [-0.25, -0.2) is 0 Å². The SMILES string of the molecule is Cl.O=C(O)C1CN(CCc2ccccc2)CCC1=O. The zero-order chi connectivity index (χ0) is 13.0.